The van der Waals surface area contributed by atoms with Crippen LogP contribution in [0.3, 0.4) is 0 Å². The molecule has 2 aromatic carbocycles. The van der Waals surface area contributed by atoms with Crippen LogP contribution in [0.15, 0.2) is 60.3 Å². The van der Waals surface area contributed by atoms with Gasteiger partial charge in [-0.2, -0.15) is 0 Å². The Morgan fingerprint density at radius 3 is 2.24 bits per heavy atom. The molecule has 25 heavy (non-hydrogen) atoms. The number of esters is 2. The van der Waals surface area contributed by atoms with E-state index in [1.54, 1.807) is 36.4 Å². The molecule has 6 nitrogen and oxygen atoms in total. The Morgan fingerprint density at radius 2 is 1.60 bits per heavy atom. The molecule has 0 saturated carbocycles. The molecular weight excluding hydrogens is 329 g/mol. The summed E-state index contributed by atoms with van der Waals surface area (Å²) in [6, 6.07) is 12.5. The molecule has 2 aromatic rings. The lowest BCUT2D eigenvalue weighted by Crippen LogP contribution is -2.15. The van der Waals surface area contributed by atoms with Gasteiger partial charge in [0.2, 0.25) is 0 Å². The van der Waals surface area contributed by atoms with Crippen LogP contribution in [-0.4, -0.2) is 26.2 Å². The number of ether oxygens (including phenoxy) is 3. The summed E-state index contributed by atoms with van der Waals surface area (Å²) in [7, 11) is 2.36. The zero-order valence-electron chi connectivity index (χ0n) is 13.6. The number of para-hydroxylation sites is 3. The number of hydrogen-bond donors (Lipinski definition) is 1. The largest absolute Gasteiger partial charge is 0.466 e. The van der Waals surface area contributed by atoms with E-state index in [1.807, 2.05) is 0 Å². The molecule has 0 saturated heterocycles. The van der Waals surface area contributed by atoms with Gasteiger partial charge in [0.25, 0.3) is 0 Å². The maximum Gasteiger partial charge on any atom is 0.354 e. The third-order valence-electron chi connectivity index (χ3n) is 3.08. The van der Waals surface area contributed by atoms with E-state index in [0.29, 0.717) is 5.69 Å². The third-order valence-corrected chi connectivity index (χ3v) is 3.08. The molecule has 0 bridgehead atoms. The van der Waals surface area contributed by atoms with Crippen molar-refractivity contribution >= 4 is 17.6 Å². The second-order valence-corrected chi connectivity index (χ2v) is 4.73. The van der Waals surface area contributed by atoms with Gasteiger partial charge in [-0.25, -0.2) is 14.0 Å². The molecular formula is C18H16FNO5. The van der Waals surface area contributed by atoms with Crippen LogP contribution < -0.4 is 10.1 Å². The first-order valence-electron chi connectivity index (χ1n) is 7.21. The van der Waals surface area contributed by atoms with Crippen molar-refractivity contribution in [2.24, 2.45) is 0 Å². The molecule has 0 aromatic heterocycles. The minimum atomic E-state index is -0.772. The highest BCUT2D eigenvalue weighted by atomic mass is 19.1. The number of anilines is 1. The van der Waals surface area contributed by atoms with Crippen LogP contribution in [0.4, 0.5) is 10.1 Å². The molecule has 0 amide bonds. The van der Waals surface area contributed by atoms with E-state index >= 15 is 0 Å². The Labute approximate surface area is 143 Å². The maximum absolute atomic E-state index is 13.8. The van der Waals surface area contributed by atoms with Gasteiger partial charge in [0.1, 0.15) is 5.70 Å². The molecule has 0 heterocycles. The van der Waals surface area contributed by atoms with Crippen LogP contribution in [-0.2, 0) is 19.1 Å². The van der Waals surface area contributed by atoms with Gasteiger partial charge >= 0.3 is 11.9 Å². The van der Waals surface area contributed by atoms with E-state index in [-0.39, 0.29) is 17.2 Å². The van der Waals surface area contributed by atoms with Crippen molar-refractivity contribution in [1.29, 1.82) is 0 Å². The fourth-order valence-electron chi connectivity index (χ4n) is 1.88. The highest BCUT2D eigenvalue weighted by molar-refractivity contribution is 5.99. The first kappa shape index (κ1) is 18.0. The number of benzene rings is 2. The van der Waals surface area contributed by atoms with E-state index < -0.39 is 17.8 Å². The Morgan fingerprint density at radius 1 is 0.960 bits per heavy atom. The summed E-state index contributed by atoms with van der Waals surface area (Å²) in [4.78, 5) is 23.3. The number of nitrogens with one attached hydrogen (secondary N) is 1. The van der Waals surface area contributed by atoms with Gasteiger partial charge in [0.15, 0.2) is 17.3 Å². The van der Waals surface area contributed by atoms with Gasteiger partial charge in [-0.3, -0.25) is 0 Å². The number of rotatable bonds is 6. The van der Waals surface area contributed by atoms with Gasteiger partial charge in [-0.05, 0) is 24.3 Å². The van der Waals surface area contributed by atoms with Gasteiger partial charge < -0.3 is 19.5 Å². The number of hydrogen-bond acceptors (Lipinski definition) is 6. The molecule has 2 rings (SSSR count). The van der Waals surface area contributed by atoms with Crippen LogP contribution >= 0.6 is 0 Å². The first-order valence-corrected chi connectivity index (χ1v) is 7.21. The van der Waals surface area contributed by atoms with Crippen LogP contribution in [0.2, 0.25) is 0 Å². The van der Waals surface area contributed by atoms with Crippen molar-refractivity contribution in [3.8, 4) is 11.5 Å². The molecule has 0 fully saturated rings. The van der Waals surface area contributed by atoms with Gasteiger partial charge in [0, 0.05) is 0 Å². The zero-order chi connectivity index (χ0) is 18.2. The van der Waals surface area contributed by atoms with Crippen LogP contribution in [0.25, 0.3) is 0 Å². The summed E-state index contributed by atoms with van der Waals surface area (Å²) in [5.74, 6) is -1.76. The summed E-state index contributed by atoms with van der Waals surface area (Å²) in [5, 5.41) is 2.74. The molecule has 0 unspecified atom stereocenters. The number of halogens is 1. The summed E-state index contributed by atoms with van der Waals surface area (Å²) in [6.07, 6.45) is 0.950. The lowest BCUT2D eigenvalue weighted by molar-refractivity contribution is -0.138. The topological polar surface area (TPSA) is 73.9 Å². The minimum Gasteiger partial charge on any atom is -0.466 e. The highest BCUT2D eigenvalue weighted by Crippen LogP contribution is 2.31. The Balaban J connectivity index is 2.33. The van der Waals surface area contributed by atoms with E-state index in [0.717, 1.165) is 6.08 Å². The van der Waals surface area contributed by atoms with E-state index in [2.05, 4.69) is 14.8 Å². The predicted molar refractivity (Wildman–Crippen MR) is 88.7 cm³/mol. The van der Waals surface area contributed by atoms with Crippen molar-refractivity contribution in [1.82, 2.24) is 0 Å². The SMILES string of the molecule is COC(=O)/C=C(/Nc1ccccc1Oc1ccccc1F)C(=O)OC. The highest BCUT2D eigenvalue weighted by Gasteiger charge is 2.15. The molecule has 0 radical (unpaired) electrons. The Bertz CT molecular complexity index is 804. The smallest absolute Gasteiger partial charge is 0.354 e. The molecule has 0 spiro atoms. The second-order valence-electron chi connectivity index (χ2n) is 4.73. The Hall–Kier alpha value is -3.35. The summed E-state index contributed by atoms with van der Waals surface area (Å²) in [6.45, 7) is 0. The molecule has 7 heteroatoms. The van der Waals surface area contributed by atoms with Crippen molar-refractivity contribution in [2.75, 3.05) is 19.5 Å². The molecule has 0 atom stereocenters. The second kappa shape index (κ2) is 8.49. The number of carbonyl (C=O) groups is 2. The van der Waals surface area contributed by atoms with E-state index in [1.165, 1.54) is 26.4 Å². The molecule has 0 aliphatic rings. The van der Waals surface area contributed by atoms with Crippen LogP contribution in [0, 0.1) is 5.82 Å². The van der Waals surface area contributed by atoms with E-state index in [4.69, 9.17) is 4.74 Å². The van der Waals surface area contributed by atoms with Crippen molar-refractivity contribution in [2.45, 2.75) is 0 Å². The quantitative estimate of drug-likeness (QED) is 0.640. The molecule has 1 N–H and O–H groups in total. The minimum absolute atomic E-state index is 0.0216. The summed E-state index contributed by atoms with van der Waals surface area (Å²) >= 11 is 0. The Kier molecular flexibility index (Phi) is 6.11. The maximum atomic E-state index is 13.8. The van der Waals surface area contributed by atoms with Crippen LogP contribution in [0.1, 0.15) is 0 Å². The normalized spacial score (nSPS) is 10.8. The third kappa shape index (κ3) is 4.81. The van der Waals surface area contributed by atoms with Crippen molar-refractivity contribution in [3.05, 3.63) is 66.1 Å². The van der Waals surface area contributed by atoms with Crippen LogP contribution in [0.5, 0.6) is 11.5 Å². The van der Waals surface area contributed by atoms with Crippen molar-refractivity contribution < 1.29 is 28.2 Å². The van der Waals surface area contributed by atoms with Crippen molar-refractivity contribution in [3.63, 3.8) is 0 Å². The average Bonchev–Trinajstić information content (AvgIpc) is 2.63. The number of methoxy groups -OCH3 is 2. The predicted octanol–water partition coefficient (Wildman–Crippen LogP) is 3.26. The monoisotopic (exact) mass is 345 g/mol. The van der Waals surface area contributed by atoms with E-state index in [9.17, 15) is 14.0 Å². The fourth-order valence-corrected chi connectivity index (χ4v) is 1.88. The average molecular weight is 345 g/mol. The lowest BCUT2D eigenvalue weighted by Gasteiger charge is -2.14. The molecule has 130 valence electrons. The summed E-state index contributed by atoms with van der Waals surface area (Å²) < 4.78 is 28.5. The standard InChI is InChI=1S/C18H16FNO5/c1-23-17(21)11-14(18(22)24-2)20-13-8-4-6-10-16(13)25-15-9-5-3-7-12(15)19/h3-11,20H,1-2H3/b14-11+. The summed E-state index contributed by atoms with van der Waals surface area (Å²) in [5.41, 5.74) is 0.185. The first-order chi connectivity index (χ1) is 12.0. The van der Waals surface area contributed by atoms with Gasteiger partial charge in [-0.15, -0.1) is 0 Å². The molecule has 0 aliphatic heterocycles. The van der Waals surface area contributed by atoms with Gasteiger partial charge in [-0.1, -0.05) is 24.3 Å². The fraction of sp³-hybridized carbons (Fsp3) is 0.111. The zero-order valence-corrected chi connectivity index (χ0v) is 13.6. The lowest BCUT2D eigenvalue weighted by atomic mass is 10.2. The molecule has 0 aliphatic carbocycles. The number of carbonyl (C=O) groups excluding carboxylic acids is 2. The van der Waals surface area contributed by atoms with Gasteiger partial charge in [0.05, 0.1) is 26.0 Å².